The average Bonchev–Trinajstić information content (AvgIpc) is 3.27. The monoisotopic (exact) mass is 486 g/mol. The lowest BCUT2D eigenvalue weighted by molar-refractivity contribution is -0.131. The van der Waals surface area contributed by atoms with Crippen LogP contribution in [0.5, 0.6) is 11.5 Å². The molecule has 0 aliphatic carbocycles. The minimum Gasteiger partial charge on any atom is -0.493 e. The van der Waals surface area contributed by atoms with Gasteiger partial charge in [-0.05, 0) is 61.3 Å². The van der Waals surface area contributed by atoms with Gasteiger partial charge in [0.05, 0.1) is 36.7 Å². The molecule has 3 rings (SSSR count). The van der Waals surface area contributed by atoms with Gasteiger partial charge in [-0.2, -0.15) is 0 Å². The maximum atomic E-state index is 13.2. The zero-order valence-electron chi connectivity index (χ0n) is 18.1. The van der Waals surface area contributed by atoms with E-state index in [2.05, 4.69) is 4.90 Å². The molecule has 0 saturated carbocycles. The topological polar surface area (TPSA) is 42.0 Å². The summed E-state index contributed by atoms with van der Waals surface area (Å²) < 4.78 is 10.9. The molecule has 0 bridgehead atoms. The largest absolute Gasteiger partial charge is 0.493 e. The summed E-state index contributed by atoms with van der Waals surface area (Å²) in [6, 6.07) is 11.1. The molecule has 5 nitrogen and oxygen atoms in total. The predicted molar refractivity (Wildman–Crippen MR) is 128 cm³/mol. The van der Waals surface area contributed by atoms with Crippen LogP contribution in [0.25, 0.3) is 0 Å². The summed E-state index contributed by atoms with van der Waals surface area (Å²) in [6.45, 7) is 2.89. The number of hydrogen-bond donors (Lipinski definition) is 0. The minimum atomic E-state index is -0.0989. The molecule has 2 aromatic rings. The smallest absolute Gasteiger partial charge is 0.227 e. The van der Waals surface area contributed by atoms with E-state index >= 15 is 0 Å². The quantitative estimate of drug-likeness (QED) is 0.509. The maximum absolute atomic E-state index is 13.2. The highest BCUT2D eigenvalue weighted by molar-refractivity contribution is 6.42. The summed E-state index contributed by atoms with van der Waals surface area (Å²) in [4.78, 5) is 17.4. The molecule has 0 N–H and O–H groups in total. The first-order valence-corrected chi connectivity index (χ1v) is 10.8. The molecule has 0 spiro atoms. The molecule has 0 radical (unpaired) electrons. The van der Waals surface area contributed by atoms with Crippen molar-refractivity contribution >= 4 is 41.5 Å². The van der Waals surface area contributed by atoms with Crippen molar-refractivity contribution in [1.29, 1.82) is 0 Å². The number of benzene rings is 2. The van der Waals surface area contributed by atoms with Crippen molar-refractivity contribution in [3.05, 3.63) is 57.6 Å². The minimum absolute atomic E-state index is 0. The van der Waals surface area contributed by atoms with Gasteiger partial charge in [0.1, 0.15) is 0 Å². The summed E-state index contributed by atoms with van der Waals surface area (Å²) in [5.41, 5.74) is 1.86. The number of likely N-dealkylation sites (tertiary alicyclic amines) is 1. The van der Waals surface area contributed by atoms with Crippen LogP contribution in [0, 0.1) is 0 Å². The third kappa shape index (κ3) is 6.42. The molecule has 1 aliphatic heterocycles. The van der Waals surface area contributed by atoms with Crippen molar-refractivity contribution in [3.8, 4) is 11.5 Å². The molecule has 1 aliphatic rings. The third-order valence-corrected chi connectivity index (χ3v) is 6.36. The maximum Gasteiger partial charge on any atom is 0.227 e. The van der Waals surface area contributed by atoms with E-state index in [-0.39, 0.29) is 30.8 Å². The van der Waals surface area contributed by atoms with Crippen LogP contribution in [0.3, 0.4) is 0 Å². The summed E-state index contributed by atoms with van der Waals surface area (Å²) in [5.74, 6) is 1.35. The molecule has 1 heterocycles. The Morgan fingerprint density at radius 2 is 1.71 bits per heavy atom. The summed E-state index contributed by atoms with van der Waals surface area (Å²) in [5, 5.41) is 0.941. The number of carbonyl (C=O) groups excluding carboxylic acids is 1. The molecule has 1 unspecified atom stereocenters. The van der Waals surface area contributed by atoms with E-state index in [0.29, 0.717) is 21.5 Å². The van der Waals surface area contributed by atoms with Gasteiger partial charge in [-0.3, -0.25) is 4.79 Å². The fraction of sp³-hybridized carbons (Fsp3) is 0.435. The van der Waals surface area contributed by atoms with Gasteiger partial charge in [0.15, 0.2) is 11.5 Å². The highest BCUT2D eigenvalue weighted by Gasteiger charge is 2.26. The molecule has 1 fully saturated rings. The molecular weight excluding hydrogens is 459 g/mol. The predicted octanol–water partition coefficient (Wildman–Crippen LogP) is 5.27. The molecule has 1 atom stereocenters. The molecule has 8 heteroatoms. The number of methoxy groups -OCH3 is 2. The third-order valence-electron chi connectivity index (χ3n) is 5.62. The first-order valence-electron chi connectivity index (χ1n) is 10.1. The number of likely N-dealkylation sites (N-methyl/N-ethyl adjacent to an activating group) is 1. The number of halogens is 3. The van der Waals surface area contributed by atoms with Crippen LogP contribution in [-0.4, -0.2) is 56.6 Å². The standard InChI is InChI=1S/C23H28Cl2N2O3.ClH/c1-26(23(28)13-16-6-8-18(24)19(25)12-16)20(15-27-10-4-5-11-27)17-7-9-21(29-2)22(14-17)30-3;/h6-9,12,14,20H,4-5,10-11,13,15H2,1-3H3;1H. The zero-order valence-corrected chi connectivity index (χ0v) is 20.4. The second kappa shape index (κ2) is 11.8. The second-order valence-corrected chi connectivity index (χ2v) is 8.38. The van der Waals surface area contributed by atoms with Gasteiger partial charge in [0.25, 0.3) is 0 Å². The Morgan fingerprint density at radius 3 is 2.32 bits per heavy atom. The molecule has 31 heavy (non-hydrogen) atoms. The summed E-state index contributed by atoms with van der Waals surface area (Å²) >= 11 is 12.1. The summed E-state index contributed by atoms with van der Waals surface area (Å²) in [6.07, 6.45) is 2.65. The molecule has 1 saturated heterocycles. The van der Waals surface area contributed by atoms with Crippen LogP contribution in [0.1, 0.15) is 30.0 Å². The lowest BCUT2D eigenvalue weighted by Gasteiger charge is -2.32. The van der Waals surface area contributed by atoms with Crippen LogP contribution in [-0.2, 0) is 11.2 Å². The number of nitrogens with zero attached hydrogens (tertiary/aromatic N) is 2. The number of hydrogen-bond acceptors (Lipinski definition) is 4. The Kier molecular flexibility index (Phi) is 9.76. The Bertz CT molecular complexity index is 888. The van der Waals surface area contributed by atoms with E-state index in [0.717, 1.165) is 30.8 Å². The molecule has 170 valence electrons. The first-order chi connectivity index (χ1) is 14.4. The Hall–Kier alpha value is -1.66. The van der Waals surface area contributed by atoms with Crippen molar-refractivity contribution in [2.75, 3.05) is 40.9 Å². The summed E-state index contributed by atoms with van der Waals surface area (Å²) in [7, 11) is 5.10. The number of carbonyl (C=O) groups is 1. The van der Waals surface area contributed by atoms with Crippen molar-refractivity contribution in [3.63, 3.8) is 0 Å². The van der Waals surface area contributed by atoms with Crippen LogP contribution >= 0.6 is 35.6 Å². The van der Waals surface area contributed by atoms with E-state index in [1.165, 1.54) is 12.8 Å². The lowest BCUT2D eigenvalue weighted by Crippen LogP contribution is -2.39. The van der Waals surface area contributed by atoms with Crippen molar-refractivity contribution in [1.82, 2.24) is 9.80 Å². The van der Waals surface area contributed by atoms with E-state index in [1.807, 2.05) is 36.2 Å². The highest BCUT2D eigenvalue weighted by Crippen LogP contribution is 2.33. The van der Waals surface area contributed by atoms with Crippen LogP contribution in [0.15, 0.2) is 36.4 Å². The van der Waals surface area contributed by atoms with E-state index in [4.69, 9.17) is 32.7 Å². The van der Waals surface area contributed by atoms with Gasteiger partial charge in [-0.25, -0.2) is 0 Å². The Balaban J connectivity index is 0.00000341. The number of ether oxygens (including phenoxy) is 2. The second-order valence-electron chi connectivity index (χ2n) is 7.57. The van der Waals surface area contributed by atoms with Crippen molar-refractivity contribution in [2.24, 2.45) is 0 Å². The van der Waals surface area contributed by atoms with Gasteiger partial charge in [-0.15, -0.1) is 12.4 Å². The van der Waals surface area contributed by atoms with Crippen LogP contribution in [0.4, 0.5) is 0 Å². The normalized spacial score (nSPS) is 14.6. The fourth-order valence-electron chi connectivity index (χ4n) is 3.84. The number of rotatable bonds is 8. The van der Waals surface area contributed by atoms with Gasteiger partial charge in [0.2, 0.25) is 5.91 Å². The van der Waals surface area contributed by atoms with E-state index < -0.39 is 0 Å². The lowest BCUT2D eigenvalue weighted by atomic mass is 10.0. The van der Waals surface area contributed by atoms with Gasteiger partial charge < -0.3 is 19.3 Å². The highest BCUT2D eigenvalue weighted by atomic mass is 35.5. The first kappa shape index (κ1) is 25.6. The van der Waals surface area contributed by atoms with Gasteiger partial charge in [-0.1, -0.05) is 35.3 Å². The Morgan fingerprint density at radius 1 is 1.03 bits per heavy atom. The Labute approximate surface area is 200 Å². The van der Waals surface area contributed by atoms with Gasteiger partial charge >= 0.3 is 0 Å². The van der Waals surface area contributed by atoms with Crippen molar-refractivity contribution < 1.29 is 14.3 Å². The zero-order chi connectivity index (χ0) is 21.7. The number of amides is 1. The van der Waals surface area contributed by atoms with Crippen LogP contribution < -0.4 is 9.47 Å². The average molecular weight is 488 g/mol. The van der Waals surface area contributed by atoms with Crippen LogP contribution in [0.2, 0.25) is 10.0 Å². The molecular formula is C23H29Cl3N2O3. The molecule has 0 aromatic heterocycles. The fourth-order valence-corrected chi connectivity index (χ4v) is 4.16. The van der Waals surface area contributed by atoms with E-state index in [9.17, 15) is 4.79 Å². The van der Waals surface area contributed by atoms with Gasteiger partial charge in [0, 0.05) is 13.6 Å². The SMILES string of the molecule is COc1ccc(C(CN2CCCC2)N(C)C(=O)Cc2ccc(Cl)c(Cl)c2)cc1OC.Cl. The molecule has 2 aromatic carbocycles. The van der Waals surface area contributed by atoms with E-state index in [1.54, 1.807) is 26.4 Å². The molecule has 1 amide bonds. The van der Waals surface area contributed by atoms with Crippen molar-refractivity contribution in [2.45, 2.75) is 25.3 Å².